The zero-order chi connectivity index (χ0) is 15.7. The summed E-state index contributed by atoms with van der Waals surface area (Å²) in [7, 11) is 0. The number of carboxylic acids is 1. The number of carboxylic acid groups (broad SMARTS) is 1. The van der Waals surface area contributed by atoms with E-state index in [9.17, 15) is 19.5 Å². The van der Waals surface area contributed by atoms with Crippen LogP contribution in [0.1, 0.15) is 6.42 Å². The Morgan fingerprint density at radius 3 is 1.64 bits per heavy atom. The van der Waals surface area contributed by atoms with Gasteiger partial charge in [0, 0.05) is 29.7 Å². The Balaban J connectivity index is 2.52. The van der Waals surface area contributed by atoms with Gasteiger partial charge in [0.2, 0.25) is 0 Å². The molecule has 0 aliphatic rings. The molecule has 2 aromatic carbocycles. The third kappa shape index (κ3) is 2.26. The lowest BCUT2D eigenvalue weighted by molar-refractivity contribution is -0.305. The lowest BCUT2D eigenvalue weighted by Gasteiger charge is -2.03. The molecule has 3 aromatic rings. The highest BCUT2D eigenvalue weighted by Gasteiger charge is 2.10. The molecule has 0 saturated heterocycles. The van der Waals surface area contributed by atoms with Gasteiger partial charge in [-0.2, -0.15) is 0 Å². The van der Waals surface area contributed by atoms with Crippen LogP contribution in [0, 0.1) is 0 Å². The maximum absolute atomic E-state index is 12.6. The van der Waals surface area contributed by atoms with Crippen molar-refractivity contribution in [3.8, 4) is 0 Å². The second kappa shape index (κ2) is 5.44. The minimum atomic E-state index is -1.30. The van der Waals surface area contributed by atoms with Gasteiger partial charge in [-0.15, -0.1) is 0 Å². The SMILES string of the molecule is O=C([O-])CCn1c(=O)c2ccccc2c2ccccc2c1=O. The Morgan fingerprint density at radius 1 is 0.818 bits per heavy atom. The molecule has 0 aliphatic heterocycles. The van der Waals surface area contributed by atoms with Crippen molar-refractivity contribution in [3.05, 3.63) is 69.2 Å². The van der Waals surface area contributed by atoms with E-state index in [0.717, 1.165) is 4.57 Å². The molecule has 1 aromatic heterocycles. The number of aromatic nitrogens is 1. The minimum absolute atomic E-state index is 0.206. The van der Waals surface area contributed by atoms with Crippen molar-refractivity contribution in [2.75, 3.05) is 0 Å². The molecule has 0 fully saturated rings. The third-order valence-electron chi connectivity index (χ3n) is 3.63. The molecule has 0 radical (unpaired) electrons. The Bertz CT molecular complexity index is 932. The van der Waals surface area contributed by atoms with E-state index >= 15 is 0 Å². The maximum Gasteiger partial charge on any atom is 0.261 e. The van der Waals surface area contributed by atoms with E-state index in [2.05, 4.69) is 0 Å². The number of fused-ring (bicyclic) bond motifs is 3. The quantitative estimate of drug-likeness (QED) is 0.710. The first kappa shape index (κ1) is 14.0. The number of carbonyl (C=O) groups is 1. The van der Waals surface area contributed by atoms with Crippen LogP contribution in [0.3, 0.4) is 0 Å². The Labute approximate surface area is 125 Å². The van der Waals surface area contributed by atoms with E-state index in [1.165, 1.54) is 0 Å². The number of hydrogen-bond acceptors (Lipinski definition) is 4. The van der Waals surface area contributed by atoms with Gasteiger partial charge < -0.3 is 9.90 Å². The van der Waals surface area contributed by atoms with Crippen LogP contribution in [-0.4, -0.2) is 10.5 Å². The second-order valence-corrected chi connectivity index (χ2v) is 4.98. The highest BCUT2D eigenvalue weighted by atomic mass is 16.4. The van der Waals surface area contributed by atoms with E-state index in [4.69, 9.17) is 0 Å². The van der Waals surface area contributed by atoms with Crippen LogP contribution in [-0.2, 0) is 11.3 Å². The number of benzene rings is 2. The summed E-state index contributed by atoms with van der Waals surface area (Å²) in [5, 5.41) is 12.8. The molecule has 5 nitrogen and oxygen atoms in total. The predicted octanol–water partition coefficient (Wildman–Crippen LogP) is 0.655. The number of rotatable bonds is 3. The van der Waals surface area contributed by atoms with E-state index < -0.39 is 17.1 Å². The highest BCUT2D eigenvalue weighted by Crippen LogP contribution is 2.19. The van der Waals surface area contributed by atoms with Gasteiger partial charge >= 0.3 is 0 Å². The lowest BCUT2D eigenvalue weighted by Crippen LogP contribution is -2.33. The van der Waals surface area contributed by atoms with Gasteiger partial charge in [0.25, 0.3) is 11.1 Å². The molecule has 0 spiro atoms. The van der Waals surface area contributed by atoms with Crippen molar-refractivity contribution >= 4 is 27.5 Å². The summed E-state index contributed by atoms with van der Waals surface area (Å²) in [4.78, 5) is 35.9. The fraction of sp³-hybridized carbons (Fsp3) is 0.118. The molecule has 110 valence electrons. The van der Waals surface area contributed by atoms with Gasteiger partial charge in [-0.25, -0.2) is 0 Å². The van der Waals surface area contributed by atoms with Crippen molar-refractivity contribution in [3.63, 3.8) is 0 Å². The fourth-order valence-electron chi connectivity index (χ4n) is 2.60. The summed E-state index contributed by atoms with van der Waals surface area (Å²) in [6.45, 7) is -0.206. The smallest absolute Gasteiger partial charge is 0.261 e. The van der Waals surface area contributed by atoms with Crippen LogP contribution in [0.4, 0.5) is 0 Å². The van der Waals surface area contributed by atoms with Gasteiger partial charge in [-0.1, -0.05) is 36.4 Å². The molecule has 0 aliphatic carbocycles. The topological polar surface area (TPSA) is 79.2 Å². The molecule has 0 unspecified atom stereocenters. The van der Waals surface area contributed by atoms with Crippen molar-refractivity contribution in [1.82, 2.24) is 4.57 Å². The number of nitrogens with zero attached hydrogens (tertiary/aromatic N) is 1. The first-order valence-corrected chi connectivity index (χ1v) is 6.84. The third-order valence-corrected chi connectivity index (χ3v) is 3.63. The van der Waals surface area contributed by atoms with Gasteiger partial charge in [0.1, 0.15) is 0 Å². The van der Waals surface area contributed by atoms with Crippen LogP contribution in [0.25, 0.3) is 21.5 Å². The Kier molecular flexibility index (Phi) is 3.47. The molecular formula is C17H12NO4-. The minimum Gasteiger partial charge on any atom is -0.550 e. The molecule has 0 atom stereocenters. The van der Waals surface area contributed by atoms with Crippen molar-refractivity contribution in [2.45, 2.75) is 13.0 Å². The molecular weight excluding hydrogens is 282 g/mol. The summed E-state index contributed by atoms with van der Waals surface area (Å²) >= 11 is 0. The maximum atomic E-state index is 12.6. The normalized spacial score (nSPS) is 10.9. The van der Waals surface area contributed by atoms with Crippen molar-refractivity contribution in [1.29, 1.82) is 0 Å². The second-order valence-electron chi connectivity index (χ2n) is 4.98. The van der Waals surface area contributed by atoms with Crippen molar-refractivity contribution in [2.24, 2.45) is 0 Å². The van der Waals surface area contributed by atoms with Crippen LogP contribution in [0.15, 0.2) is 58.1 Å². The Hall–Kier alpha value is -2.95. The van der Waals surface area contributed by atoms with Crippen molar-refractivity contribution < 1.29 is 9.90 Å². The average molecular weight is 294 g/mol. The van der Waals surface area contributed by atoms with Crippen LogP contribution in [0.2, 0.25) is 0 Å². The van der Waals surface area contributed by atoms with E-state index in [-0.39, 0.29) is 13.0 Å². The van der Waals surface area contributed by atoms with E-state index in [1.807, 2.05) is 0 Å². The predicted molar refractivity (Wildman–Crippen MR) is 81.6 cm³/mol. The van der Waals surface area contributed by atoms with E-state index in [1.54, 1.807) is 48.5 Å². The van der Waals surface area contributed by atoms with Gasteiger partial charge in [-0.05, 0) is 22.9 Å². The average Bonchev–Trinajstić information content (AvgIpc) is 2.62. The number of carbonyl (C=O) groups excluding carboxylic acids is 1. The molecule has 22 heavy (non-hydrogen) atoms. The zero-order valence-corrected chi connectivity index (χ0v) is 11.6. The monoisotopic (exact) mass is 294 g/mol. The van der Waals surface area contributed by atoms with E-state index in [0.29, 0.717) is 21.5 Å². The number of hydrogen-bond donors (Lipinski definition) is 0. The number of aliphatic carboxylic acids is 1. The summed E-state index contributed by atoms with van der Waals surface area (Å²) in [6.07, 6.45) is -0.387. The first-order chi connectivity index (χ1) is 10.6. The fourth-order valence-corrected chi connectivity index (χ4v) is 2.60. The van der Waals surface area contributed by atoms with Crippen LogP contribution < -0.4 is 16.2 Å². The molecule has 5 heteroatoms. The molecule has 3 rings (SSSR count). The largest absolute Gasteiger partial charge is 0.550 e. The molecule has 0 bridgehead atoms. The summed E-state index contributed by atoms with van der Waals surface area (Å²) < 4.78 is 0.973. The molecule has 0 saturated carbocycles. The first-order valence-electron chi connectivity index (χ1n) is 6.84. The Morgan fingerprint density at radius 2 is 1.23 bits per heavy atom. The van der Waals surface area contributed by atoms with Gasteiger partial charge in [-0.3, -0.25) is 14.2 Å². The van der Waals surface area contributed by atoms with Crippen LogP contribution >= 0.6 is 0 Å². The lowest BCUT2D eigenvalue weighted by atomic mass is 10.1. The van der Waals surface area contributed by atoms with Gasteiger partial charge in [0.15, 0.2) is 0 Å². The van der Waals surface area contributed by atoms with Crippen LogP contribution in [0.5, 0.6) is 0 Å². The summed E-state index contributed by atoms with van der Waals surface area (Å²) in [5.74, 6) is -1.30. The zero-order valence-electron chi connectivity index (χ0n) is 11.6. The molecule has 1 heterocycles. The standard InChI is InChI=1S/C17H13NO4/c19-15(20)9-10-18-16(21)13-7-3-1-5-11(13)12-6-2-4-8-14(12)17(18)22/h1-8H,9-10H2,(H,19,20)/p-1. The highest BCUT2D eigenvalue weighted by molar-refractivity contribution is 6.05. The van der Waals surface area contributed by atoms with Gasteiger partial charge in [0.05, 0.1) is 0 Å². The summed E-state index contributed by atoms with van der Waals surface area (Å²) in [6, 6.07) is 13.9. The molecule has 0 amide bonds. The molecule has 0 N–H and O–H groups in total. The summed E-state index contributed by atoms with van der Waals surface area (Å²) in [5.41, 5.74) is -0.976.